The Balaban J connectivity index is 2.49. The number of methoxy groups -OCH3 is 1. The second kappa shape index (κ2) is 4.80. The Kier molecular flexibility index (Phi) is 3.36. The van der Waals surface area contributed by atoms with Crippen LogP contribution in [0, 0.1) is 0 Å². The van der Waals surface area contributed by atoms with Crippen LogP contribution in [-0.4, -0.2) is 34.3 Å². The first-order chi connectivity index (χ1) is 8.52. The number of rotatable bonds is 5. The van der Waals surface area contributed by atoms with Crippen LogP contribution in [0.3, 0.4) is 0 Å². The third-order valence-corrected chi connectivity index (χ3v) is 2.56. The molecule has 18 heavy (non-hydrogen) atoms. The maximum atomic E-state index is 11.2. The van der Waals surface area contributed by atoms with E-state index in [1.807, 2.05) is 13.8 Å². The first-order valence-electron chi connectivity index (χ1n) is 5.88. The minimum absolute atomic E-state index is 0.0649. The van der Waals surface area contributed by atoms with Gasteiger partial charge in [0.15, 0.2) is 5.56 Å². The minimum atomic E-state index is -1.15. The predicted octanol–water partition coefficient (Wildman–Crippen LogP) is 1.85. The molecule has 0 aliphatic heterocycles. The zero-order valence-corrected chi connectivity index (χ0v) is 10.6. The second-order valence-corrected chi connectivity index (χ2v) is 4.52. The van der Waals surface area contributed by atoms with Crippen LogP contribution in [0.1, 0.15) is 48.8 Å². The molecule has 6 heteroatoms. The lowest BCUT2D eigenvalue weighted by molar-refractivity contribution is 0.0683. The van der Waals surface area contributed by atoms with Crippen molar-refractivity contribution in [2.24, 2.45) is 0 Å². The molecule has 1 aliphatic rings. The van der Waals surface area contributed by atoms with Gasteiger partial charge in [-0.3, -0.25) is 0 Å². The van der Waals surface area contributed by atoms with E-state index in [1.54, 1.807) is 0 Å². The summed E-state index contributed by atoms with van der Waals surface area (Å²) < 4.78 is 10.5. The number of aromatic nitrogens is 2. The number of hydrogen-bond donors (Lipinski definition) is 1. The summed E-state index contributed by atoms with van der Waals surface area (Å²) in [6, 6.07) is 0. The largest absolute Gasteiger partial charge is 0.480 e. The standard InChI is InChI=1S/C12H16N2O4/c1-6(2)18-11-8(12(15)16)10(17-3)13-9(14-11)7-4-5-7/h6-7H,4-5H2,1-3H3,(H,15,16). The molecule has 0 atom stereocenters. The van der Waals surface area contributed by atoms with Crippen molar-refractivity contribution >= 4 is 5.97 Å². The van der Waals surface area contributed by atoms with E-state index in [-0.39, 0.29) is 23.4 Å². The van der Waals surface area contributed by atoms with Crippen LogP contribution in [0.15, 0.2) is 0 Å². The van der Waals surface area contributed by atoms with E-state index in [0.717, 1.165) is 12.8 Å². The van der Waals surface area contributed by atoms with Gasteiger partial charge in [-0.25, -0.2) is 4.79 Å². The summed E-state index contributed by atoms with van der Waals surface area (Å²) in [6.45, 7) is 3.63. The van der Waals surface area contributed by atoms with Gasteiger partial charge in [-0.05, 0) is 26.7 Å². The van der Waals surface area contributed by atoms with Crippen molar-refractivity contribution in [1.29, 1.82) is 0 Å². The van der Waals surface area contributed by atoms with Crippen molar-refractivity contribution in [1.82, 2.24) is 9.97 Å². The van der Waals surface area contributed by atoms with Gasteiger partial charge in [0, 0.05) is 5.92 Å². The van der Waals surface area contributed by atoms with Gasteiger partial charge in [0.1, 0.15) is 5.82 Å². The Morgan fingerprint density at radius 1 is 1.33 bits per heavy atom. The molecule has 0 spiro atoms. The predicted molar refractivity (Wildman–Crippen MR) is 63.3 cm³/mol. The average molecular weight is 252 g/mol. The first-order valence-corrected chi connectivity index (χ1v) is 5.88. The van der Waals surface area contributed by atoms with Gasteiger partial charge in [0.05, 0.1) is 13.2 Å². The van der Waals surface area contributed by atoms with Gasteiger partial charge in [0.2, 0.25) is 11.8 Å². The molecule has 1 aromatic rings. The van der Waals surface area contributed by atoms with E-state index in [9.17, 15) is 9.90 Å². The summed E-state index contributed by atoms with van der Waals surface area (Å²) in [5, 5.41) is 9.20. The summed E-state index contributed by atoms with van der Waals surface area (Å²) in [5.41, 5.74) is -0.115. The van der Waals surface area contributed by atoms with Gasteiger partial charge in [-0.15, -0.1) is 0 Å². The highest BCUT2D eigenvalue weighted by molar-refractivity contribution is 5.92. The van der Waals surface area contributed by atoms with E-state index >= 15 is 0 Å². The maximum absolute atomic E-state index is 11.2. The Morgan fingerprint density at radius 3 is 2.39 bits per heavy atom. The lowest BCUT2D eigenvalue weighted by atomic mass is 10.3. The molecule has 2 rings (SSSR count). The smallest absolute Gasteiger partial charge is 0.346 e. The van der Waals surface area contributed by atoms with E-state index in [1.165, 1.54) is 7.11 Å². The van der Waals surface area contributed by atoms with Gasteiger partial charge in [0.25, 0.3) is 0 Å². The van der Waals surface area contributed by atoms with Gasteiger partial charge >= 0.3 is 5.97 Å². The van der Waals surface area contributed by atoms with Gasteiger partial charge in [-0.2, -0.15) is 9.97 Å². The highest BCUT2D eigenvalue weighted by Gasteiger charge is 2.31. The molecule has 1 heterocycles. The number of carboxylic acids is 1. The quantitative estimate of drug-likeness (QED) is 0.861. The SMILES string of the molecule is COc1nc(C2CC2)nc(OC(C)C)c1C(=O)O. The lowest BCUT2D eigenvalue weighted by Crippen LogP contribution is -2.15. The summed E-state index contributed by atoms with van der Waals surface area (Å²) in [5.74, 6) is -0.0881. The molecule has 0 aromatic carbocycles. The summed E-state index contributed by atoms with van der Waals surface area (Å²) in [6.07, 6.45) is 1.89. The molecular weight excluding hydrogens is 236 g/mol. The van der Waals surface area contributed by atoms with E-state index in [4.69, 9.17) is 9.47 Å². The highest BCUT2D eigenvalue weighted by Crippen LogP contribution is 2.40. The molecule has 0 unspecified atom stereocenters. The van der Waals surface area contributed by atoms with Crippen LogP contribution in [0.25, 0.3) is 0 Å². The highest BCUT2D eigenvalue weighted by atomic mass is 16.5. The maximum Gasteiger partial charge on any atom is 0.346 e. The number of nitrogens with zero attached hydrogens (tertiary/aromatic N) is 2. The van der Waals surface area contributed by atoms with Crippen molar-refractivity contribution in [3.63, 3.8) is 0 Å². The number of carbonyl (C=O) groups is 1. The number of hydrogen-bond acceptors (Lipinski definition) is 5. The number of ether oxygens (including phenoxy) is 2. The molecule has 6 nitrogen and oxygen atoms in total. The summed E-state index contributed by atoms with van der Waals surface area (Å²) in [7, 11) is 1.39. The molecule has 1 fully saturated rings. The molecule has 0 saturated heterocycles. The molecule has 0 bridgehead atoms. The topological polar surface area (TPSA) is 81.5 Å². The number of aromatic carboxylic acids is 1. The molecule has 1 aromatic heterocycles. The van der Waals surface area contributed by atoms with Crippen LogP contribution in [0.4, 0.5) is 0 Å². The average Bonchev–Trinajstić information content (AvgIpc) is 3.10. The molecule has 98 valence electrons. The Labute approximate surface area is 105 Å². The van der Waals surface area contributed by atoms with Crippen LogP contribution < -0.4 is 9.47 Å². The van der Waals surface area contributed by atoms with Crippen molar-refractivity contribution in [3.05, 3.63) is 11.4 Å². The second-order valence-electron chi connectivity index (χ2n) is 4.52. The zero-order chi connectivity index (χ0) is 13.3. The molecule has 1 N–H and O–H groups in total. The van der Waals surface area contributed by atoms with Crippen LogP contribution in [0.5, 0.6) is 11.8 Å². The normalized spacial score (nSPS) is 14.7. The third kappa shape index (κ3) is 2.52. The monoisotopic (exact) mass is 252 g/mol. The molecule has 1 saturated carbocycles. The summed E-state index contributed by atoms with van der Waals surface area (Å²) >= 11 is 0. The molecule has 0 amide bonds. The van der Waals surface area contributed by atoms with Crippen molar-refractivity contribution in [2.45, 2.75) is 38.7 Å². The summed E-state index contributed by atoms with van der Waals surface area (Å²) in [4.78, 5) is 19.6. The molecule has 1 aliphatic carbocycles. The lowest BCUT2D eigenvalue weighted by Gasteiger charge is -2.14. The first kappa shape index (κ1) is 12.6. The minimum Gasteiger partial charge on any atom is -0.480 e. The molecular formula is C12H16N2O4. The Bertz CT molecular complexity index is 469. The van der Waals surface area contributed by atoms with Gasteiger partial charge in [-0.1, -0.05) is 0 Å². The molecule has 0 radical (unpaired) electrons. The van der Waals surface area contributed by atoms with Crippen LogP contribution in [-0.2, 0) is 0 Å². The Morgan fingerprint density at radius 2 is 1.94 bits per heavy atom. The Hall–Kier alpha value is -1.85. The zero-order valence-electron chi connectivity index (χ0n) is 10.6. The van der Waals surface area contributed by atoms with E-state index in [2.05, 4.69) is 9.97 Å². The number of carboxylic acid groups (broad SMARTS) is 1. The third-order valence-electron chi connectivity index (χ3n) is 2.56. The van der Waals surface area contributed by atoms with Crippen LogP contribution >= 0.6 is 0 Å². The van der Waals surface area contributed by atoms with E-state index < -0.39 is 5.97 Å². The van der Waals surface area contributed by atoms with Crippen LogP contribution in [0.2, 0.25) is 0 Å². The van der Waals surface area contributed by atoms with Gasteiger partial charge < -0.3 is 14.6 Å². The van der Waals surface area contributed by atoms with Crippen molar-refractivity contribution in [2.75, 3.05) is 7.11 Å². The van der Waals surface area contributed by atoms with E-state index in [0.29, 0.717) is 11.7 Å². The fourth-order valence-corrected chi connectivity index (χ4v) is 1.60. The van der Waals surface area contributed by atoms with Crippen molar-refractivity contribution < 1.29 is 19.4 Å². The van der Waals surface area contributed by atoms with Crippen molar-refractivity contribution in [3.8, 4) is 11.8 Å². The fraction of sp³-hybridized carbons (Fsp3) is 0.583. The fourth-order valence-electron chi connectivity index (χ4n) is 1.60.